The van der Waals surface area contributed by atoms with Gasteiger partial charge >= 0.3 is 5.97 Å². The lowest BCUT2D eigenvalue weighted by atomic mass is 9.79. The molecule has 0 amide bonds. The van der Waals surface area contributed by atoms with E-state index in [1.165, 1.54) is 0 Å². The van der Waals surface area contributed by atoms with Crippen LogP contribution in [-0.2, 0) is 10.2 Å². The zero-order valence-corrected chi connectivity index (χ0v) is 10.9. The van der Waals surface area contributed by atoms with Gasteiger partial charge in [-0.2, -0.15) is 0 Å². The van der Waals surface area contributed by atoms with Crippen LogP contribution in [0.2, 0.25) is 0 Å². The van der Waals surface area contributed by atoms with E-state index in [0.717, 1.165) is 30.6 Å². The van der Waals surface area contributed by atoms with E-state index in [0.29, 0.717) is 31.8 Å². The fourth-order valence-corrected chi connectivity index (χ4v) is 3.07. The molecular weight excluding hydrogens is 244 g/mol. The Labute approximate surface area is 112 Å². The van der Waals surface area contributed by atoms with Crippen molar-refractivity contribution in [2.45, 2.75) is 37.5 Å². The molecule has 0 atom stereocenters. The molecule has 1 fully saturated rings. The van der Waals surface area contributed by atoms with Gasteiger partial charge in [-0.15, -0.1) is 0 Å². The SMILES string of the molecule is O=C(O)C1(c2ccc3c(c2)OCCCO3)CCCC1. The molecule has 1 aliphatic carbocycles. The Kier molecular flexibility index (Phi) is 3.09. The highest BCUT2D eigenvalue weighted by Gasteiger charge is 2.43. The largest absolute Gasteiger partial charge is 0.490 e. The van der Waals surface area contributed by atoms with Crippen molar-refractivity contribution in [3.8, 4) is 11.5 Å². The second kappa shape index (κ2) is 4.76. The quantitative estimate of drug-likeness (QED) is 0.890. The molecule has 19 heavy (non-hydrogen) atoms. The average Bonchev–Trinajstić information content (AvgIpc) is 2.79. The van der Waals surface area contributed by atoms with E-state index in [1.54, 1.807) is 0 Å². The highest BCUT2D eigenvalue weighted by molar-refractivity contribution is 5.82. The summed E-state index contributed by atoms with van der Waals surface area (Å²) in [4.78, 5) is 11.7. The maximum absolute atomic E-state index is 11.7. The Balaban J connectivity index is 2.01. The maximum Gasteiger partial charge on any atom is 0.314 e. The molecule has 0 spiro atoms. The molecule has 1 aromatic rings. The number of rotatable bonds is 2. The van der Waals surface area contributed by atoms with Gasteiger partial charge < -0.3 is 14.6 Å². The summed E-state index contributed by atoms with van der Waals surface area (Å²) in [5.41, 5.74) is 0.117. The molecule has 0 radical (unpaired) electrons. The first kappa shape index (κ1) is 12.3. The summed E-state index contributed by atoms with van der Waals surface area (Å²) in [5, 5.41) is 9.60. The minimum absolute atomic E-state index is 0.622. The van der Waals surface area contributed by atoms with Crippen molar-refractivity contribution in [2.24, 2.45) is 0 Å². The van der Waals surface area contributed by atoms with Gasteiger partial charge in [0.15, 0.2) is 11.5 Å². The third-order valence-corrected chi connectivity index (χ3v) is 4.17. The number of ether oxygens (including phenoxy) is 2. The second-order valence-electron chi connectivity index (χ2n) is 5.31. The summed E-state index contributed by atoms with van der Waals surface area (Å²) in [6.45, 7) is 1.27. The van der Waals surface area contributed by atoms with Gasteiger partial charge in [0.2, 0.25) is 0 Å². The van der Waals surface area contributed by atoms with Crippen LogP contribution in [0.25, 0.3) is 0 Å². The summed E-state index contributed by atoms with van der Waals surface area (Å²) in [5.74, 6) is 0.682. The second-order valence-corrected chi connectivity index (χ2v) is 5.31. The van der Waals surface area contributed by atoms with Crippen molar-refractivity contribution in [1.82, 2.24) is 0 Å². The van der Waals surface area contributed by atoms with Gasteiger partial charge in [0.1, 0.15) is 0 Å². The van der Waals surface area contributed by atoms with E-state index in [1.807, 2.05) is 18.2 Å². The minimum atomic E-state index is -0.731. The predicted octanol–water partition coefficient (Wildman–Crippen LogP) is 2.74. The monoisotopic (exact) mass is 262 g/mol. The predicted molar refractivity (Wildman–Crippen MR) is 69.8 cm³/mol. The molecule has 1 aliphatic heterocycles. The first-order valence-corrected chi connectivity index (χ1v) is 6.86. The molecule has 2 aliphatic rings. The Morgan fingerprint density at radius 3 is 2.42 bits per heavy atom. The highest BCUT2D eigenvalue weighted by Crippen LogP contribution is 2.44. The van der Waals surface area contributed by atoms with Crippen molar-refractivity contribution < 1.29 is 19.4 Å². The van der Waals surface area contributed by atoms with E-state index in [2.05, 4.69) is 0 Å². The molecule has 102 valence electrons. The number of carboxylic acids is 1. The smallest absolute Gasteiger partial charge is 0.314 e. The number of aliphatic carboxylic acids is 1. The van der Waals surface area contributed by atoms with E-state index in [9.17, 15) is 9.90 Å². The molecular formula is C15H18O4. The van der Waals surface area contributed by atoms with E-state index < -0.39 is 11.4 Å². The maximum atomic E-state index is 11.7. The molecule has 1 saturated carbocycles. The topological polar surface area (TPSA) is 55.8 Å². The van der Waals surface area contributed by atoms with Gasteiger partial charge in [-0.1, -0.05) is 18.9 Å². The molecule has 0 aromatic heterocycles. The summed E-state index contributed by atoms with van der Waals surface area (Å²) in [6, 6.07) is 5.59. The summed E-state index contributed by atoms with van der Waals surface area (Å²) >= 11 is 0. The van der Waals surface area contributed by atoms with Crippen molar-refractivity contribution in [1.29, 1.82) is 0 Å². The van der Waals surface area contributed by atoms with Gasteiger partial charge in [0, 0.05) is 6.42 Å². The van der Waals surface area contributed by atoms with Crippen LogP contribution in [0, 0.1) is 0 Å². The molecule has 1 heterocycles. The fourth-order valence-electron chi connectivity index (χ4n) is 3.07. The van der Waals surface area contributed by atoms with Crippen molar-refractivity contribution in [3.63, 3.8) is 0 Å². The Bertz CT molecular complexity index is 489. The molecule has 1 N–H and O–H groups in total. The molecule has 3 rings (SSSR count). The van der Waals surface area contributed by atoms with Crippen molar-refractivity contribution in [2.75, 3.05) is 13.2 Å². The first-order chi connectivity index (χ1) is 9.22. The van der Waals surface area contributed by atoms with Crippen LogP contribution >= 0.6 is 0 Å². The Morgan fingerprint density at radius 2 is 1.74 bits per heavy atom. The number of hydrogen-bond donors (Lipinski definition) is 1. The summed E-state index contributed by atoms with van der Waals surface area (Å²) < 4.78 is 11.2. The fraction of sp³-hybridized carbons (Fsp3) is 0.533. The molecule has 0 bridgehead atoms. The summed E-state index contributed by atoms with van der Waals surface area (Å²) in [7, 11) is 0. The number of benzene rings is 1. The van der Waals surface area contributed by atoms with E-state index >= 15 is 0 Å². The zero-order valence-electron chi connectivity index (χ0n) is 10.9. The third kappa shape index (κ3) is 2.05. The normalized spacial score (nSPS) is 20.8. The van der Waals surface area contributed by atoms with Gasteiger partial charge in [0.25, 0.3) is 0 Å². The molecule has 4 nitrogen and oxygen atoms in total. The van der Waals surface area contributed by atoms with Crippen LogP contribution in [0.4, 0.5) is 0 Å². The van der Waals surface area contributed by atoms with E-state index in [4.69, 9.17) is 9.47 Å². The van der Waals surface area contributed by atoms with Crippen molar-refractivity contribution >= 4 is 5.97 Å². The Morgan fingerprint density at radius 1 is 1.05 bits per heavy atom. The molecule has 4 heteroatoms. The van der Waals surface area contributed by atoms with Crippen LogP contribution in [0.5, 0.6) is 11.5 Å². The van der Waals surface area contributed by atoms with Crippen LogP contribution in [0.3, 0.4) is 0 Å². The van der Waals surface area contributed by atoms with Gasteiger partial charge in [-0.25, -0.2) is 0 Å². The average molecular weight is 262 g/mol. The van der Waals surface area contributed by atoms with Crippen LogP contribution in [0.1, 0.15) is 37.7 Å². The summed E-state index contributed by atoms with van der Waals surface area (Å²) in [6.07, 6.45) is 4.22. The van der Waals surface area contributed by atoms with E-state index in [-0.39, 0.29) is 0 Å². The van der Waals surface area contributed by atoms with Gasteiger partial charge in [-0.3, -0.25) is 4.79 Å². The van der Waals surface area contributed by atoms with Gasteiger partial charge in [-0.05, 0) is 30.5 Å². The standard InChI is InChI=1S/C15H18O4/c16-14(17)15(6-1-2-7-15)11-4-5-12-13(10-11)19-9-3-8-18-12/h4-5,10H,1-3,6-9H2,(H,16,17). The number of hydrogen-bond acceptors (Lipinski definition) is 3. The number of fused-ring (bicyclic) bond motifs is 1. The minimum Gasteiger partial charge on any atom is -0.490 e. The Hall–Kier alpha value is -1.71. The number of carbonyl (C=O) groups is 1. The highest BCUT2D eigenvalue weighted by atomic mass is 16.5. The molecule has 1 aromatic carbocycles. The van der Waals surface area contributed by atoms with Crippen LogP contribution in [-0.4, -0.2) is 24.3 Å². The molecule has 0 unspecified atom stereocenters. The lowest BCUT2D eigenvalue weighted by Gasteiger charge is -2.25. The van der Waals surface area contributed by atoms with Gasteiger partial charge in [0.05, 0.1) is 18.6 Å². The lowest BCUT2D eigenvalue weighted by molar-refractivity contribution is -0.143. The first-order valence-electron chi connectivity index (χ1n) is 6.86. The zero-order chi connectivity index (χ0) is 13.3. The van der Waals surface area contributed by atoms with Crippen LogP contribution < -0.4 is 9.47 Å². The third-order valence-electron chi connectivity index (χ3n) is 4.17. The lowest BCUT2D eigenvalue weighted by Crippen LogP contribution is -2.32. The van der Waals surface area contributed by atoms with Crippen molar-refractivity contribution in [3.05, 3.63) is 23.8 Å². The molecule has 0 saturated heterocycles. The van der Waals surface area contributed by atoms with Crippen LogP contribution in [0.15, 0.2) is 18.2 Å². The number of carboxylic acid groups (broad SMARTS) is 1.